The predicted molar refractivity (Wildman–Crippen MR) is 114 cm³/mol. The van der Waals surface area contributed by atoms with Crippen LogP contribution in [0, 0.1) is 5.41 Å². The first-order chi connectivity index (χ1) is 13.2. The molecule has 2 aliphatic rings. The van der Waals surface area contributed by atoms with Gasteiger partial charge in [0.15, 0.2) is 5.88 Å². The van der Waals surface area contributed by atoms with Crippen LogP contribution in [0.5, 0.6) is 0 Å². The number of aliphatic hydroxyl groups excluding tert-OH is 1. The van der Waals surface area contributed by atoms with E-state index in [1.54, 1.807) is 0 Å². The number of fused-ring (bicyclic) bond motifs is 1. The second kappa shape index (κ2) is 7.31. The molecule has 1 amide bonds. The number of hydrogen-bond donors (Lipinski definition) is 1. The Bertz CT molecular complexity index is 776. The first kappa shape index (κ1) is 20.5. The van der Waals surface area contributed by atoms with Crippen molar-refractivity contribution in [2.45, 2.75) is 78.4 Å². The van der Waals surface area contributed by atoms with E-state index >= 15 is 0 Å². The van der Waals surface area contributed by atoms with Crippen LogP contribution in [0.15, 0.2) is 54.1 Å². The van der Waals surface area contributed by atoms with Crippen molar-refractivity contribution in [3.8, 4) is 0 Å². The molecule has 152 valence electrons. The summed E-state index contributed by atoms with van der Waals surface area (Å²) in [6, 6.07) is 9.92. The molecule has 28 heavy (non-hydrogen) atoms. The number of rotatable bonds is 5. The maximum atomic E-state index is 13.7. The first-order valence-corrected chi connectivity index (χ1v) is 10.5. The van der Waals surface area contributed by atoms with Gasteiger partial charge in [0.05, 0.1) is 12.1 Å². The highest BCUT2D eigenvalue weighted by atomic mass is 16.3. The van der Waals surface area contributed by atoms with Crippen molar-refractivity contribution in [2.24, 2.45) is 5.41 Å². The van der Waals surface area contributed by atoms with Gasteiger partial charge < -0.3 is 14.9 Å². The molecule has 1 aromatic carbocycles. The Labute approximate surface area is 169 Å². The van der Waals surface area contributed by atoms with E-state index in [2.05, 4.69) is 58.6 Å². The van der Waals surface area contributed by atoms with Gasteiger partial charge in [0, 0.05) is 22.7 Å². The number of aliphatic hydroxyl groups is 1. The van der Waals surface area contributed by atoms with E-state index < -0.39 is 0 Å². The maximum absolute atomic E-state index is 13.7. The lowest BCUT2D eigenvalue weighted by Crippen LogP contribution is -2.49. The fraction of sp³-hybridized carbons (Fsp3) is 0.542. The molecule has 0 aromatic heterocycles. The normalized spacial score (nSPS) is 22.2. The van der Waals surface area contributed by atoms with Crippen LogP contribution in [-0.4, -0.2) is 32.4 Å². The highest BCUT2D eigenvalue weighted by molar-refractivity contribution is 5.85. The average molecular weight is 383 g/mol. The lowest BCUT2D eigenvalue weighted by Gasteiger charge is -2.43. The largest absolute Gasteiger partial charge is 0.494 e. The SMILES string of the molecule is CCC(CC)(CC)C(=O)N1C=CC2=C(O)N(C(C)(C)C)C(c3ccccc3)C21. The van der Waals surface area contributed by atoms with Crippen LogP contribution < -0.4 is 0 Å². The number of hydrogen-bond acceptors (Lipinski definition) is 3. The molecule has 0 saturated heterocycles. The van der Waals surface area contributed by atoms with Crippen molar-refractivity contribution in [1.82, 2.24) is 9.80 Å². The number of benzene rings is 1. The quantitative estimate of drug-likeness (QED) is 0.726. The van der Waals surface area contributed by atoms with E-state index in [9.17, 15) is 9.90 Å². The standard InChI is InChI=1S/C24H34N2O2/c1-7-24(8-2,9-3)22(28)25-16-15-18-20(25)19(17-13-11-10-12-14-17)26(21(18)27)23(4,5)6/h10-16,19-20,27H,7-9H2,1-6H3. The van der Waals surface area contributed by atoms with Crippen molar-refractivity contribution >= 4 is 5.91 Å². The van der Waals surface area contributed by atoms with Gasteiger partial charge in [-0.15, -0.1) is 0 Å². The zero-order chi connectivity index (χ0) is 20.7. The first-order valence-electron chi connectivity index (χ1n) is 10.5. The summed E-state index contributed by atoms with van der Waals surface area (Å²) in [5.41, 5.74) is 1.32. The van der Waals surface area contributed by atoms with Gasteiger partial charge in [-0.05, 0) is 51.7 Å². The van der Waals surface area contributed by atoms with Gasteiger partial charge in [-0.3, -0.25) is 4.79 Å². The zero-order valence-electron chi connectivity index (χ0n) is 18.1. The summed E-state index contributed by atoms with van der Waals surface area (Å²) in [5, 5.41) is 11.1. The highest BCUT2D eigenvalue weighted by Crippen LogP contribution is 2.49. The number of nitrogens with zero attached hydrogens (tertiary/aromatic N) is 2. The van der Waals surface area contributed by atoms with Gasteiger partial charge in [-0.1, -0.05) is 51.1 Å². The third-order valence-electron chi connectivity index (χ3n) is 6.68. The van der Waals surface area contributed by atoms with Crippen molar-refractivity contribution in [2.75, 3.05) is 0 Å². The zero-order valence-corrected chi connectivity index (χ0v) is 18.1. The van der Waals surface area contributed by atoms with Crippen LogP contribution in [0.4, 0.5) is 0 Å². The number of carbonyl (C=O) groups excluding carboxylic acids is 1. The fourth-order valence-electron chi connectivity index (χ4n) is 4.83. The molecular formula is C24H34N2O2. The van der Waals surface area contributed by atoms with Crippen molar-refractivity contribution in [1.29, 1.82) is 0 Å². The van der Waals surface area contributed by atoms with E-state index in [-0.39, 0.29) is 34.8 Å². The molecule has 2 aliphatic heterocycles. The van der Waals surface area contributed by atoms with Gasteiger partial charge in [-0.25, -0.2) is 0 Å². The molecule has 3 rings (SSSR count). The summed E-state index contributed by atoms with van der Waals surface area (Å²) in [6.45, 7) is 12.6. The predicted octanol–water partition coefficient (Wildman–Crippen LogP) is 5.55. The van der Waals surface area contributed by atoms with E-state index in [1.807, 2.05) is 35.4 Å². The maximum Gasteiger partial charge on any atom is 0.233 e. The Balaban J connectivity index is 2.10. The van der Waals surface area contributed by atoms with Crippen molar-refractivity contribution < 1.29 is 9.90 Å². The highest BCUT2D eigenvalue weighted by Gasteiger charge is 2.52. The summed E-state index contributed by atoms with van der Waals surface area (Å²) in [6.07, 6.45) is 6.26. The molecule has 1 N–H and O–H groups in total. The minimum atomic E-state index is -0.355. The molecule has 0 saturated carbocycles. The fourth-order valence-corrected chi connectivity index (χ4v) is 4.83. The van der Waals surface area contributed by atoms with Gasteiger partial charge >= 0.3 is 0 Å². The Morgan fingerprint density at radius 2 is 1.57 bits per heavy atom. The van der Waals surface area contributed by atoms with Gasteiger partial charge in [0.25, 0.3) is 0 Å². The van der Waals surface area contributed by atoms with E-state index in [4.69, 9.17) is 0 Å². The molecule has 0 fully saturated rings. The molecule has 4 heteroatoms. The Morgan fingerprint density at radius 3 is 2.07 bits per heavy atom. The molecular weight excluding hydrogens is 348 g/mol. The summed E-state index contributed by atoms with van der Waals surface area (Å²) in [4.78, 5) is 17.7. The third-order valence-corrected chi connectivity index (χ3v) is 6.68. The van der Waals surface area contributed by atoms with Gasteiger partial charge in [-0.2, -0.15) is 0 Å². The average Bonchev–Trinajstić information content (AvgIpc) is 3.23. The van der Waals surface area contributed by atoms with Crippen molar-refractivity contribution in [3.63, 3.8) is 0 Å². The van der Waals surface area contributed by atoms with Crippen LogP contribution in [-0.2, 0) is 4.79 Å². The van der Waals surface area contributed by atoms with Crippen molar-refractivity contribution in [3.05, 3.63) is 59.6 Å². The van der Waals surface area contributed by atoms with E-state index in [0.29, 0.717) is 0 Å². The third kappa shape index (κ3) is 3.03. The monoisotopic (exact) mass is 382 g/mol. The summed E-state index contributed by atoms with van der Waals surface area (Å²) < 4.78 is 0. The summed E-state index contributed by atoms with van der Waals surface area (Å²) >= 11 is 0. The molecule has 1 aromatic rings. The minimum absolute atomic E-state index is 0.113. The molecule has 2 unspecified atom stereocenters. The number of carbonyl (C=O) groups is 1. The second-order valence-corrected chi connectivity index (χ2v) is 8.99. The molecule has 2 heterocycles. The van der Waals surface area contributed by atoms with Crippen LogP contribution in [0.25, 0.3) is 0 Å². The topological polar surface area (TPSA) is 43.8 Å². The summed E-state index contributed by atoms with van der Waals surface area (Å²) in [5.74, 6) is 0.453. The summed E-state index contributed by atoms with van der Waals surface area (Å²) in [7, 11) is 0. The molecule has 4 nitrogen and oxygen atoms in total. The van der Waals surface area contributed by atoms with Crippen LogP contribution in [0.3, 0.4) is 0 Å². The van der Waals surface area contributed by atoms with E-state index in [1.165, 1.54) is 0 Å². The van der Waals surface area contributed by atoms with Crippen LogP contribution in [0.1, 0.15) is 72.4 Å². The van der Waals surface area contributed by atoms with Crippen LogP contribution >= 0.6 is 0 Å². The second-order valence-electron chi connectivity index (χ2n) is 8.99. The molecule has 0 spiro atoms. The molecule has 0 aliphatic carbocycles. The lowest BCUT2D eigenvalue weighted by atomic mass is 9.78. The Morgan fingerprint density at radius 1 is 1.00 bits per heavy atom. The van der Waals surface area contributed by atoms with Crippen LogP contribution in [0.2, 0.25) is 0 Å². The number of amides is 1. The molecule has 0 radical (unpaired) electrons. The minimum Gasteiger partial charge on any atom is -0.494 e. The van der Waals surface area contributed by atoms with E-state index in [0.717, 1.165) is 30.4 Å². The van der Waals surface area contributed by atoms with Gasteiger partial charge in [0.1, 0.15) is 0 Å². The van der Waals surface area contributed by atoms with Gasteiger partial charge in [0.2, 0.25) is 5.91 Å². The Hall–Kier alpha value is -2.23. The molecule has 0 bridgehead atoms. The molecule has 2 atom stereocenters. The lowest BCUT2D eigenvalue weighted by molar-refractivity contribution is -0.142. The Kier molecular flexibility index (Phi) is 5.35. The smallest absolute Gasteiger partial charge is 0.233 e.